The lowest BCUT2D eigenvalue weighted by Gasteiger charge is -2.29. The molecule has 1 amide bonds. The number of aliphatic carboxylic acids is 1. The van der Waals surface area contributed by atoms with Crippen molar-refractivity contribution >= 4 is 11.9 Å². The zero-order valence-electron chi connectivity index (χ0n) is 11.7. The monoisotopic (exact) mass is 279 g/mol. The number of hydrogen-bond donors (Lipinski definition) is 2. The van der Waals surface area contributed by atoms with Crippen molar-refractivity contribution in [2.45, 2.75) is 31.7 Å². The van der Waals surface area contributed by atoms with Gasteiger partial charge in [-0.15, -0.1) is 0 Å². The number of amides is 1. The fourth-order valence-corrected chi connectivity index (χ4v) is 3.62. The van der Waals surface area contributed by atoms with Crippen molar-refractivity contribution in [3.05, 3.63) is 0 Å². The van der Waals surface area contributed by atoms with Crippen LogP contribution >= 0.6 is 0 Å². The van der Waals surface area contributed by atoms with Crippen LogP contribution in [0.15, 0.2) is 0 Å². The van der Waals surface area contributed by atoms with E-state index in [0.717, 1.165) is 19.3 Å². The van der Waals surface area contributed by atoms with Crippen molar-refractivity contribution in [3.63, 3.8) is 0 Å². The van der Waals surface area contributed by atoms with Crippen LogP contribution in [0.3, 0.4) is 0 Å². The minimum atomic E-state index is -0.750. The van der Waals surface area contributed by atoms with Gasteiger partial charge >= 0.3 is 5.97 Å². The van der Waals surface area contributed by atoms with Crippen LogP contribution in [0.1, 0.15) is 25.7 Å². The lowest BCUT2D eigenvalue weighted by molar-refractivity contribution is -0.145. The highest BCUT2D eigenvalue weighted by molar-refractivity contribution is 5.78. The van der Waals surface area contributed by atoms with Gasteiger partial charge in [-0.2, -0.15) is 5.26 Å². The molecular formula is C14H21N3O3. The van der Waals surface area contributed by atoms with Gasteiger partial charge in [-0.1, -0.05) is 0 Å². The Morgan fingerprint density at radius 3 is 2.75 bits per heavy atom. The van der Waals surface area contributed by atoms with Crippen molar-refractivity contribution in [2.75, 3.05) is 20.1 Å². The number of hydrogen-bond acceptors (Lipinski definition) is 4. The van der Waals surface area contributed by atoms with Gasteiger partial charge in [-0.25, -0.2) is 0 Å². The summed E-state index contributed by atoms with van der Waals surface area (Å²) >= 11 is 0. The molecule has 2 aliphatic rings. The smallest absolute Gasteiger partial charge is 0.308 e. The summed E-state index contributed by atoms with van der Waals surface area (Å²) < 4.78 is 0. The van der Waals surface area contributed by atoms with Gasteiger partial charge in [0.25, 0.3) is 0 Å². The number of carboxylic acid groups (broad SMARTS) is 1. The minimum absolute atomic E-state index is 0.0837. The van der Waals surface area contributed by atoms with Gasteiger partial charge in [0.2, 0.25) is 5.91 Å². The molecule has 0 aromatic heterocycles. The number of carbonyl (C=O) groups excluding carboxylic acids is 1. The highest BCUT2D eigenvalue weighted by atomic mass is 16.4. The molecule has 0 radical (unpaired) electrons. The first-order chi connectivity index (χ1) is 9.54. The van der Waals surface area contributed by atoms with Crippen LogP contribution < -0.4 is 5.32 Å². The predicted octanol–water partition coefficient (Wildman–Crippen LogP) is 0.447. The summed E-state index contributed by atoms with van der Waals surface area (Å²) in [6.45, 7) is 0.565. The fraction of sp³-hybridized carbons (Fsp3) is 0.786. The molecule has 2 rings (SSSR count). The second-order valence-electron chi connectivity index (χ2n) is 5.83. The average molecular weight is 279 g/mol. The number of nitriles is 1. The van der Waals surface area contributed by atoms with E-state index >= 15 is 0 Å². The molecule has 2 fully saturated rings. The van der Waals surface area contributed by atoms with Gasteiger partial charge in [0.1, 0.15) is 0 Å². The van der Waals surface area contributed by atoms with Crippen molar-refractivity contribution in [3.8, 4) is 6.07 Å². The van der Waals surface area contributed by atoms with Crippen molar-refractivity contribution < 1.29 is 14.7 Å². The molecule has 0 aliphatic heterocycles. The predicted molar refractivity (Wildman–Crippen MR) is 71.6 cm³/mol. The molecule has 0 aromatic carbocycles. The number of likely N-dealkylation sites (N-methyl/N-ethyl adjacent to an activating group) is 1. The normalized spacial score (nSPS) is 31.0. The van der Waals surface area contributed by atoms with E-state index in [1.54, 1.807) is 7.05 Å². The van der Waals surface area contributed by atoms with Gasteiger partial charge < -0.3 is 15.3 Å². The Morgan fingerprint density at radius 1 is 1.40 bits per heavy atom. The Hall–Kier alpha value is -1.61. The van der Waals surface area contributed by atoms with Crippen LogP contribution in [0.2, 0.25) is 0 Å². The van der Waals surface area contributed by atoms with Crippen LogP contribution in [-0.4, -0.2) is 48.1 Å². The molecule has 4 atom stereocenters. The van der Waals surface area contributed by atoms with Gasteiger partial charge in [-0.3, -0.25) is 9.59 Å². The maximum atomic E-state index is 11.9. The number of nitrogens with one attached hydrogen (secondary N) is 1. The molecular weight excluding hydrogens is 258 g/mol. The number of rotatable bonds is 6. The highest BCUT2D eigenvalue weighted by Crippen LogP contribution is 2.48. The Balaban J connectivity index is 1.85. The second kappa shape index (κ2) is 6.23. The van der Waals surface area contributed by atoms with E-state index < -0.39 is 5.97 Å². The summed E-state index contributed by atoms with van der Waals surface area (Å²) in [5.74, 6) is -0.544. The Labute approximate surface area is 118 Å². The molecule has 20 heavy (non-hydrogen) atoms. The molecule has 2 bridgehead atoms. The van der Waals surface area contributed by atoms with Crippen molar-refractivity contribution in [1.82, 2.24) is 10.2 Å². The lowest BCUT2D eigenvalue weighted by atomic mass is 9.84. The molecule has 0 saturated heterocycles. The molecule has 110 valence electrons. The number of carbonyl (C=O) groups is 2. The topological polar surface area (TPSA) is 93.4 Å². The molecule has 2 saturated carbocycles. The molecule has 0 heterocycles. The Morgan fingerprint density at radius 2 is 2.10 bits per heavy atom. The molecule has 6 heteroatoms. The van der Waals surface area contributed by atoms with E-state index in [4.69, 9.17) is 5.26 Å². The van der Waals surface area contributed by atoms with E-state index in [1.807, 2.05) is 6.07 Å². The maximum absolute atomic E-state index is 11.9. The summed E-state index contributed by atoms with van der Waals surface area (Å²) in [6.07, 6.45) is 3.33. The number of fused-ring (bicyclic) bond motifs is 2. The SMILES string of the molecule is CN(CCC#N)C(=O)CNC1C2CCC(C2)C1C(=O)O. The third kappa shape index (κ3) is 2.93. The van der Waals surface area contributed by atoms with E-state index in [1.165, 1.54) is 4.90 Å². The highest BCUT2D eigenvalue weighted by Gasteiger charge is 2.50. The quantitative estimate of drug-likeness (QED) is 0.736. The van der Waals surface area contributed by atoms with Crippen LogP contribution in [0.5, 0.6) is 0 Å². The van der Waals surface area contributed by atoms with Crippen LogP contribution in [0.4, 0.5) is 0 Å². The second-order valence-corrected chi connectivity index (χ2v) is 5.83. The molecule has 0 spiro atoms. The first-order valence-electron chi connectivity index (χ1n) is 7.11. The zero-order valence-corrected chi connectivity index (χ0v) is 11.7. The van der Waals surface area contributed by atoms with Gasteiger partial charge in [0.15, 0.2) is 0 Å². The third-order valence-electron chi connectivity index (χ3n) is 4.68. The molecule has 6 nitrogen and oxygen atoms in total. The summed E-state index contributed by atoms with van der Waals surface area (Å²) in [7, 11) is 1.66. The minimum Gasteiger partial charge on any atom is -0.481 e. The van der Waals surface area contributed by atoms with Crippen LogP contribution in [0, 0.1) is 29.1 Å². The summed E-state index contributed by atoms with van der Waals surface area (Å²) in [6, 6.07) is 1.92. The molecule has 4 unspecified atom stereocenters. The Kier molecular flexibility index (Phi) is 4.61. The van der Waals surface area contributed by atoms with Gasteiger partial charge in [-0.05, 0) is 31.1 Å². The summed E-state index contributed by atoms with van der Waals surface area (Å²) in [5, 5.41) is 21.0. The average Bonchev–Trinajstić information content (AvgIpc) is 3.02. The summed E-state index contributed by atoms with van der Waals surface area (Å²) in [4.78, 5) is 24.8. The van der Waals surface area contributed by atoms with Gasteiger partial charge in [0.05, 0.1) is 25.0 Å². The Bertz CT molecular complexity index is 432. The van der Waals surface area contributed by atoms with Crippen LogP contribution in [0.25, 0.3) is 0 Å². The zero-order chi connectivity index (χ0) is 14.7. The number of nitrogens with zero attached hydrogens (tertiary/aromatic N) is 2. The standard InChI is InChI=1S/C14H21N3O3/c1-17(6-2-5-15)11(18)8-16-13-10-4-3-9(7-10)12(13)14(19)20/h9-10,12-13,16H,2-4,6-8H2,1H3,(H,19,20). The van der Waals surface area contributed by atoms with E-state index in [0.29, 0.717) is 18.9 Å². The summed E-state index contributed by atoms with van der Waals surface area (Å²) in [5.41, 5.74) is 0. The molecule has 0 aromatic rings. The van der Waals surface area contributed by atoms with E-state index in [-0.39, 0.29) is 30.3 Å². The third-order valence-corrected chi connectivity index (χ3v) is 4.68. The van der Waals surface area contributed by atoms with E-state index in [9.17, 15) is 14.7 Å². The van der Waals surface area contributed by atoms with Gasteiger partial charge in [0, 0.05) is 19.6 Å². The largest absolute Gasteiger partial charge is 0.481 e. The first-order valence-corrected chi connectivity index (χ1v) is 7.11. The maximum Gasteiger partial charge on any atom is 0.308 e. The number of carboxylic acids is 1. The first kappa shape index (κ1) is 14.8. The fourth-order valence-electron chi connectivity index (χ4n) is 3.62. The van der Waals surface area contributed by atoms with E-state index in [2.05, 4.69) is 5.32 Å². The lowest BCUT2D eigenvalue weighted by Crippen LogP contribution is -2.48. The molecule has 2 aliphatic carbocycles. The molecule has 2 N–H and O–H groups in total. The van der Waals surface area contributed by atoms with Crippen LogP contribution in [-0.2, 0) is 9.59 Å². The van der Waals surface area contributed by atoms with Crippen molar-refractivity contribution in [2.24, 2.45) is 17.8 Å². The van der Waals surface area contributed by atoms with Crippen molar-refractivity contribution in [1.29, 1.82) is 5.26 Å².